The number of aromatic nitrogens is 2. The molecular formula is C19H22N4O2. The maximum Gasteiger partial charge on any atom is 0.315 e. The zero-order valence-corrected chi connectivity index (χ0v) is 14.0. The SMILES string of the molecule is O=C(NCCCn1cnc2ccccc21)NCc1ccccc1CO. The third kappa shape index (κ3) is 4.36. The Bertz CT molecular complexity index is 844. The molecule has 1 heterocycles. The Labute approximate surface area is 146 Å². The predicted molar refractivity (Wildman–Crippen MR) is 97.0 cm³/mol. The number of rotatable bonds is 7. The molecule has 0 aliphatic heterocycles. The van der Waals surface area contributed by atoms with Crippen LogP contribution in [-0.2, 0) is 19.7 Å². The molecule has 2 amide bonds. The van der Waals surface area contributed by atoms with Crippen molar-refractivity contribution in [3.8, 4) is 0 Å². The van der Waals surface area contributed by atoms with E-state index in [0.717, 1.165) is 35.1 Å². The molecule has 6 heteroatoms. The van der Waals surface area contributed by atoms with Gasteiger partial charge in [-0.05, 0) is 29.7 Å². The molecule has 3 aromatic rings. The summed E-state index contributed by atoms with van der Waals surface area (Å²) in [6.45, 7) is 1.75. The van der Waals surface area contributed by atoms with Gasteiger partial charge in [0.15, 0.2) is 0 Å². The van der Waals surface area contributed by atoms with E-state index >= 15 is 0 Å². The Morgan fingerprint density at radius 2 is 1.80 bits per heavy atom. The van der Waals surface area contributed by atoms with E-state index in [-0.39, 0.29) is 12.6 Å². The standard InChI is InChI=1S/C19H22N4O2/c24-13-16-7-2-1-6-15(16)12-21-19(25)20-10-5-11-23-14-22-17-8-3-4-9-18(17)23/h1-4,6-9,14,24H,5,10-13H2,(H2,20,21,25). The second kappa shape index (κ2) is 8.30. The lowest BCUT2D eigenvalue weighted by atomic mass is 10.1. The second-order valence-electron chi connectivity index (χ2n) is 5.82. The van der Waals surface area contributed by atoms with Gasteiger partial charge in [0.05, 0.1) is 24.0 Å². The van der Waals surface area contributed by atoms with Crippen LogP contribution in [0.4, 0.5) is 4.79 Å². The summed E-state index contributed by atoms with van der Waals surface area (Å²) < 4.78 is 2.09. The molecule has 0 aliphatic carbocycles. The molecule has 25 heavy (non-hydrogen) atoms. The number of carbonyl (C=O) groups is 1. The normalized spacial score (nSPS) is 10.8. The number of hydrogen-bond acceptors (Lipinski definition) is 3. The first kappa shape index (κ1) is 17.0. The van der Waals surface area contributed by atoms with Crippen LogP contribution in [0.2, 0.25) is 0 Å². The van der Waals surface area contributed by atoms with Gasteiger partial charge in [-0.25, -0.2) is 9.78 Å². The summed E-state index contributed by atoms with van der Waals surface area (Å²) in [4.78, 5) is 16.2. The molecule has 0 atom stereocenters. The molecule has 0 spiro atoms. The first-order chi connectivity index (χ1) is 12.3. The number of urea groups is 1. The highest BCUT2D eigenvalue weighted by Gasteiger charge is 2.04. The first-order valence-electron chi connectivity index (χ1n) is 8.37. The number of para-hydroxylation sites is 2. The number of nitrogens with zero attached hydrogens (tertiary/aromatic N) is 2. The Morgan fingerprint density at radius 3 is 2.64 bits per heavy atom. The molecule has 0 saturated carbocycles. The van der Waals surface area contributed by atoms with E-state index < -0.39 is 0 Å². The Balaban J connectivity index is 1.41. The number of imidazole rings is 1. The van der Waals surface area contributed by atoms with Gasteiger partial charge >= 0.3 is 6.03 Å². The van der Waals surface area contributed by atoms with Crippen molar-refractivity contribution in [1.29, 1.82) is 0 Å². The fraction of sp³-hybridized carbons (Fsp3) is 0.263. The fourth-order valence-electron chi connectivity index (χ4n) is 2.76. The van der Waals surface area contributed by atoms with Gasteiger partial charge in [0.25, 0.3) is 0 Å². The highest BCUT2D eigenvalue weighted by molar-refractivity contribution is 5.75. The number of amides is 2. The number of aryl methyl sites for hydroxylation is 1. The smallest absolute Gasteiger partial charge is 0.315 e. The van der Waals surface area contributed by atoms with Crippen molar-refractivity contribution >= 4 is 17.1 Å². The largest absolute Gasteiger partial charge is 0.392 e. The average molecular weight is 338 g/mol. The quantitative estimate of drug-likeness (QED) is 0.579. The Kier molecular flexibility index (Phi) is 5.64. The van der Waals surface area contributed by atoms with E-state index in [9.17, 15) is 9.90 Å². The lowest BCUT2D eigenvalue weighted by Crippen LogP contribution is -2.36. The van der Waals surface area contributed by atoms with Gasteiger partial charge in [-0.3, -0.25) is 0 Å². The third-order valence-electron chi connectivity index (χ3n) is 4.12. The van der Waals surface area contributed by atoms with Gasteiger partial charge in [0.2, 0.25) is 0 Å². The van der Waals surface area contributed by atoms with Crippen LogP contribution in [0, 0.1) is 0 Å². The molecule has 0 radical (unpaired) electrons. The molecule has 0 bridgehead atoms. The summed E-state index contributed by atoms with van der Waals surface area (Å²) >= 11 is 0. The Hall–Kier alpha value is -2.86. The first-order valence-corrected chi connectivity index (χ1v) is 8.37. The summed E-state index contributed by atoms with van der Waals surface area (Å²) in [7, 11) is 0. The van der Waals surface area contributed by atoms with Crippen LogP contribution >= 0.6 is 0 Å². The molecule has 2 aromatic carbocycles. The van der Waals surface area contributed by atoms with Gasteiger partial charge < -0.3 is 20.3 Å². The van der Waals surface area contributed by atoms with Crippen LogP contribution in [0.5, 0.6) is 0 Å². The number of carbonyl (C=O) groups excluding carboxylic acids is 1. The lowest BCUT2D eigenvalue weighted by molar-refractivity contribution is 0.240. The molecule has 0 saturated heterocycles. The Morgan fingerprint density at radius 1 is 1.04 bits per heavy atom. The average Bonchev–Trinajstić information content (AvgIpc) is 3.07. The number of aliphatic hydroxyl groups is 1. The van der Waals surface area contributed by atoms with Crippen molar-refractivity contribution in [2.24, 2.45) is 0 Å². The highest BCUT2D eigenvalue weighted by atomic mass is 16.3. The maximum absolute atomic E-state index is 11.9. The fourth-order valence-corrected chi connectivity index (χ4v) is 2.76. The van der Waals surface area contributed by atoms with Gasteiger partial charge in [-0.2, -0.15) is 0 Å². The molecule has 1 aromatic heterocycles. The zero-order chi connectivity index (χ0) is 17.5. The lowest BCUT2D eigenvalue weighted by Gasteiger charge is -2.10. The van der Waals surface area contributed by atoms with Crippen LogP contribution in [-0.4, -0.2) is 27.2 Å². The summed E-state index contributed by atoms with van der Waals surface area (Å²) in [5, 5.41) is 15.0. The summed E-state index contributed by atoms with van der Waals surface area (Å²) in [5.41, 5.74) is 3.84. The van der Waals surface area contributed by atoms with Gasteiger partial charge in [0.1, 0.15) is 0 Å². The van der Waals surface area contributed by atoms with Crippen molar-refractivity contribution in [3.05, 3.63) is 66.0 Å². The molecule has 6 nitrogen and oxygen atoms in total. The summed E-state index contributed by atoms with van der Waals surface area (Å²) in [5.74, 6) is 0. The predicted octanol–water partition coefficient (Wildman–Crippen LogP) is 2.42. The van der Waals surface area contributed by atoms with E-state index in [4.69, 9.17) is 0 Å². The van der Waals surface area contributed by atoms with Crippen molar-refractivity contribution in [2.45, 2.75) is 26.1 Å². The van der Waals surface area contributed by atoms with E-state index in [1.54, 1.807) is 0 Å². The highest BCUT2D eigenvalue weighted by Crippen LogP contribution is 2.12. The third-order valence-corrected chi connectivity index (χ3v) is 4.12. The molecule has 3 rings (SSSR count). The number of fused-ring (bicyclic) bond motifs is 1. The van der Waals surface area contributed by atoms with Gasteiger partial charge in [-0.1, -0.05) is 36.4 Å². The van der Waals surface area contributed by atoms with Crippen molar-refractivity contribution in [1.82, 2.24) is 20.2 Å². The zero-order valence-electron chi connectivity index (χ0n) is 14.0. The number of hydrogen-bond donors (Lipinski definition) is 3. The minimum Gasteiger partial charge on any atom is -0.392 e. The van der Waals surface area contributed by atoms with E-state index in [1.165, 1.54) is 0 Å². The summed E-state index contributed by atoms with van der Waals surface area (Å²) in [6.07, 6.45) is 2.65. The van der Waals surface area contributed by atoms with Crippen LogP contribution in [0.3, 0.4) is 0 Å². The number of benzene rings is 2. The van der Waals surface area contributed by atoms with Crippen LogP contribution in [0.1, 0.15) is 17.5 Å². The topological polar surface area (TPSA) is 79.2 Å². The van der Waals surface area contributed by atoms with Crippen LogP contribution in [0.25, 0.3) is 11.0 Å². The minimum absolute atomic E-state index is 0.0294. The van der Waals surface area contributed by atoms with Crippen LogP contribution in [0.15, 0.2) is 54.9 Å². The van der Waals surface area contributed by atoms with E-state index in [0.29, 0.717) is 13.1 Å². The minimum atomic E-state index is -0.205. The number of aliphatic hydroxyl groups excluding tert-OH is 1. The second-order valence-corrected chi connectivity index (χ2v) is 5.82. The van der Waals surface area contributed by atoms with Crippen molar-refractivity contribution in [2.75, 3.05) is 6.54 Å². The van der Waals surface area contributed by atoms with E-state index in [2.05, 4.69) is 20.2 Å². The van der Waals surface area contributed by atoms with Gasteiger partial charge in [0, 0.05) is 19.6 Å². The monoisotopic (exact) mass is 338 g/mol. The van der Waals surface area contributed by atoms with E-state index in [1.807, 2.05) is 54.9 Å². The molecule has 0 fully saturated rings. The molecule has 130 valence electrons. The number of nitrogens with one attached hydrogen (secondary N) is 2. The van der Waals surface area contributed by atoms with Crippen molar-refractivity contribution < 1.29 is 9.90 Å². The van der Waals surface area contributed by atoms with Crippen LogP contribution < -0.4 is 10.6 Å². The van der Waals surface area contributed by atoms with Crippen molar-refractivity contribution in [3.63, 3.8) is 0 Å². The molecule has 0 aliphatic rings. The summed E-state index contributed by atoms with van der Waals surface area (Å²) in [6, 6.07) is 15.3. The molecular weight excluding hydrogens is 316 g/mol. The molecule has 3 N–H and O–H groups in total. The molecule has 0 unspecified atom stereocenters. The van der Waals surface area contributed by atoms with Gasteiger partial charge in [-0.15, -0.1) is 0 Å². The maximum atomic E-state index is 11.9.